The summed E-state index contributed by atoms with van der Waals surface area (Å²) >= 11 is 17.9. The topological polar surface area (TPSA) is 53.9 Å². The number of carbonyl (C=O) groups excluding carboxylic acids is 1. The number of halogens is 6. The van der Waals surface area contributed by atoms with Crippen LogP contribution < -0.4 is 5.43 Å². The van der Waals surface area contributed by atoms with Gasteiger partial charge in [0.1, 0.15) is 0 Å². The first-order chi connectivity index (χ1) is 13.9. The summed E-state index contributed by atoms with van der Waals surface area (Å²) in [6.07, 6.45) is -5.40. The Morgan fingerprint density at radius 3 is 2.37 bits per heavy atom. The van der Waals surface area contributed by atoms with E-state index < -0.39 is 18.2 Å². The van der Waals surface area contributed by atoms with Gasteiger partial charge in [-0.2, -0.15) is 13.2 Å². The number of nitrogens with one attached hydrogen (secondary N) is 1. The van der Waals surface area contributed by atoms with Crippen LogP contribution in [-0.4, -0.2) is 29.9 Å². The zero-order chi connectivity index (χ0) is 22.3. The molecule has 1 N–H and O–H groups in total. The fourth-order valence-electron chi connectivity index (χ4n) is 2.90. The lowest BCUT2D eigenvalue weighted by molar-refractivity contribution is -0.275. The summed E-state index contributed by atoms with van der Waals surface area (Å²) in [6, 6.07) is 8.12. The number of benzene rings is 2. The highest BCUT2D eigenvalue weighted by Gasteiger charge is 2.62. The quantitative estimate of drug-likeness (QED) is 0.543. The summed E-state index contributed by atoms with van der Waals surface area (Å²) in [5.41, 5.74) is 0.498. The third-order valence-corrected chi connectivity index (χ3v) is 5.34. The molecule has 0 aromatic heterocycles. The molecule has 1 aliphatic rings. The molecule has 0 spiro atoms. The van der Waals surface area contributed by atoms with E-state index in [2.05, 4.69) is 10.6 Å². The number of rotatable bonds is 4. The van der Waals surface area contributed by atoms with E-state index in [4.69, 9.17) is 39.6 Å². The van der Waals surface area contributed by atoms with Crippen LogP contribution in [0, 0.1) is 0 Å². The number of hydrogen-bond acceptors (Lipinski definition) is 4. The average molecular weight is 481 g/mol. The van der Waals surface area contributed by atoms with Crippen molar-refractivity contribution in [3.05, 3.63) is 62.6 Å². The van der Waals surface area contributed by atoms with E-state index in [0.29, 0.717) is 11.3 Å². The molecule has 11 heteroatoms. The van der Waals surface area contributed by atoms with Gasteiger partial charge in [-0.3, -0.25) is 15.2 Å². The van der Waals surface area contributed by atoms with Crippen LogP contribution in [0.3, 0.4) is 0 Å². The lowest BCUT2D eigenvalue weighted by Gasteiger charge is -2.29. The smallest absolute Gasteiger partial charge is 0.374 e. The lowest BCUT2D eigenvalue weighted by atomic mass is 9.86. The Balaban J connectivity index is 1.98. The van der Waals surface area contributed by atoms with E-state index in [-0.39, 0.29) is 32.3 Å². The SMILES string of the molecule is CC(=O)N(C)Nc1cc(C2=NOC(c3cc(Cl)cc(Cl)c3)(C(F)(F)F)C2)ccc1Cl. The van der Waals surface area contributed by atoms with Gasteiger partial charge in [0, 0.05) is 41.6 Å². The number of nitrogens with zero attached hydrogens (tertiary/aromatic N) is 2. The molecule has 160 valence electrons. The zero-order valence-electron chi connectivity index (χ0n) is 15.6. The minimum atomic E-state index is -4.80. The minimum absolute atomic E-state index is 0.0448. The first-order valence-corrected chi connectivity index (χ1v) is 9.65. The van der Waals surface area contributed by atoms with Crippen LogP contribution in [-0.2, 0) is 15.2 Å². The van der Waals surface area contributed by atoms with Gasteiger partial charge < -0.3 is 4.84 Å². The molecule has 1 amide bonds. The van der Waals surface area contributed by atoms with Crippen LogP contribution in [0.1, 0.15) is 24.5 Å². The molecule has 1 unspecified atom stereocenters. The molecule has 1 aliphatic heterocycles. The van der Waals surface area contributed by atoms with Crippen LogP contribution in [0.15, 0.2) is 41.6 Å². The minimum Gasteiger partial charge on any atom is -0.374 e. The van der Waals surface area contributed by atoms with E-state index >= 15 is 0 Å². The van der Waals surface area contributed by atoms with Gasteiger partial charge in [-0.1, -0.05) is 46.0 Å². The molecule has 3 rings (SSSR count). The number of hydrazine groups is 1. The Bertz CT molecular complexity index is 1010. The van der Waals surface area contributed by atoms with Crippen LogP contribution in [0.4, 0.5) is 18.9 Å². The number of hydrogen-bond donors (Lipinski definition) is 1. The highest BCUT2D eigenvalue weighted by Crippen LogP contribution is 2.49. The van der Waals surface area contributed by atoms with Crippen molar-refractivity contribution in [2.75, 3.05) is 12.5 Å². The summed E-state index contributed by atoms with van der Waals surface area (Å²) < 4.78 is 42.3. The average Bonchev–Trinajstić information content (AvgIpc) is 3.09. The van der Waals surface area contributed by atoms with Crippen molar-refractivity contribution in [2.45, 2.75) is 25.1 Å². The molecular formula is C19H15Cl3F3N3O2. The van der Waals surface area contributed by atoms with Crippen LogP contribution in [0.25, 0.3) is 0 Å². The molecule has 2 aromatic rings. The Kier molecular flexibility index (Phi) is 6.13. The number of amides is 1. The number of carbonyl (C=O) groups is 1. The van der Waals surface area contributed by atoms with Crippen molar-refractivity contribution in [1.82, 2.24) is 5.01 Å². The van der Waals surface area contributed by atoms with E-state index in [1.807, 2.05) is 0 Å². The summed E-state index contributed by atoms with van der Waals surface area (Å²) in [5.74, 6) is -0.285. The molecule has 2 aromatic carbocycles. The summed E-state index contributed by atoms with van der Waals surface area (Å²) in [6.45, 7) is 1.34. The second kappa shape index (κ2) is 8.17. The third kappa shape index (κ3) is 4.31. The van der Waals surface area contributed by atoms with Crippen LogP contribution >= 0.6 is 34.8 Å². The highest BCUT2D eigenvalue weighted by molar-refractivity contribution is 6.34. The predicted molar refractivity (Wildman–Crippen MR) is 110 cm³/mol. The van der Waals surface area contributed by atoms with Gasteiger partial charge >= 0.3 is 6.18 Å². The zero-order valence-corrected chi connectivity index (χ0v) is 17.9. The molecule has 1 heterocycles. The van der Waals surface area contributed by atoms with Crippen molar-refractivity contribution in [1.29, 1.82) is 0 Å². The molecule has 0 saturated carbocycles. The first-order valence-electron chi connectivity index (χ1n) is 8.52. The summed E-state index contributed by atoms with van der Waals surface area (Å²) in [4.78, 5) is 16.4. The van der Waals surface area contributed by atoms with Gasteiger partial charge in [0.2, 0.25) is 5.91 Å². The van der Waals surface area contributed by atoms with Crippen molar-refractivity contribution in [2.24, 2.45) is 5.16 Å². The molecule has 5 nitrogen and oxygen atoms in total. The normalized spacial score (nSPS) is 18.6. The second-order valence-corrected chi connectivity index (χ2v) is 7.95. The van der Waals surface area contributed by atoms with Crippen LogP contribution in [0.5, 0.6) is 0 Å². The molecule has 0 radical (unpaired) electrons. The molecule has 0 bridgehead atoms. The van der Waals surface area contributed by atoms with Crippen molar-refractivity contribution in [3.63, 3.8) is 0 Å². The van der Waals surface area contributed by atoms with E-state index in [0.717, 1.165) is 12.1 Å². The number of alkyl halides is 3. The highest BCUT2D eigenvalue weighted by atomic mass is 35.5. The van der Waals surface area contributed by atoms with Gasteiger partial charge in [-0.15, -0.1) is 0 Å². The maximum atomic E-state index is 14.1. The lowest BCUT2D eigenvalue weighted by Crippen LogP contribution is -2.42. The predicted octanol–water partition coefficient (Wildman–Crippen LogP) is 6.03. The van der Waals surface area contributed by atoms with Gasteiger partial charge in [-0.05, 0) is 30.3 Å². The van der Waals surface area contributed by atoms with E-state index in [1.165, 1.54) is 43.2 Å². The molecule has 0 fully saturated rings. The second-order valence-electron chi connectivity index (χ2n) is 6.67. The van der Waals surface area contributed by atoms with E-state index in [1.54, 1.807) is 0 Å². The number of oxime groups is 1. The maximum absolute atomic E-state index is 14.1. The van der Waals surface area contributed by atoms with Gasteiger partial charge in [-0.25, -0.2) is 0 Å². The summed E-state index contributed by atoms with van der Waals surface area (Å²) in [7, 11) is 1.49. The Hall–Kier alpha value is -2.16. The molecule has 0 aliphatic carbocycles. The van der Waals surface area contributed by atoms with Crippen LogP contribution in [0.2, 0.25) is 15.1 Å². The Morgan fingerprint density at radius 1 is 1.17 bits per heavy atom. The van der Waals surface area contributed by atoms with Crippen molar-refractivity contribution >= 4 is 52.1 Å². The Labute approximate surface area is 185 Å². The van der Waals surface area contributed by atoms with Crippen molar-refractivity contribution < 1.29 is 22.8 Å². The standard InChI is InChI=1S/C19H15Cl3F3N3O2/c1-10(29)28(2)26-16-5-11(3-4-15(16)22)17-9-18(30-27-17,19(23,24)25)12-6-13(20)8-14(21)7-12/h3-8,26H,9H2,1-2H3. The largest absolute Gasteiger partial charge is 0.435 e. The van der Waals surface area contributed by atoms with E-state index in [9.17, 15) is 18.0 Å². The maximum Gasteiger partial charge on any atom is 0.435 e. The molecule has 30 heavy (non-hydrogen) atoms. The summed E-state index contributed by atoms with van der Waals surface area (Å²) in [5, 5.41) is 5.26. The van der Waals surface area contributed by atoms with Gasteiger partial charge in [0.05, 0.1) is 16.4 Å². The third-order valence-electron chi connectivity index (χ3n) is 4.57. The monoisotopic (exact) mass is 479 g/mol. The Morgan fingerprint density at radius 2 is 1.80 bits per heavy atom. The van der Waals surface area contributed by atoms with Gasteiger partial charge in [0.15, 0.2) is 0 Å². The molecule has 1 atom stereocenters. The number of anilines is 1. The molecular weight excluding hydrogens is 466 g/mol. The van der Waals surface area contributed by atoms with Gasteiger partial charge in [0.25, 0.3) is 5.60 Å². The van der Waals surface area contributed by atoms with Crippen molar-refractivity contribution in [3.8, 4) is 0 Å². The fraction of sp³-hybridized carbons (Fsp3) is 0.263. The molecule has 0 saturated heterocycles. The fourth-order valence-corrected chi connectivity index (χ4v) is 3.58. The first kappa shape index (κ1) is 22.5.